The minimum absolute atomic E-state index is 0.284. The third kappa shape index (κ3) is 1.15. The number of carboxylic acids is 1. The van der Waals surface area contributed by atoms with E-state index in [0.29, 0.717) is 5.69 Å². The highest BCUT2D eigenvalue weighted by molar-refractivity contribution is 7.07. The largest absolute Gasteiger partial charge is 0.481 e. The molecule has 1 saturated carbocycles. The second kappa shape index (κ2) is 2.78. The summed E-state index contributed by atoms with van der Waals surface area (Å²) in [6, 6.07) is 0. The predicted molar refractivity (Wildman–Crippen MR) is 46.7 cm³/mol. The number of aliphatic hydroxyl groups excluding tert-OH is 1. The molecule has 13 heavy (non-hydrogen) atoms. The fraction of sp³-hybridized carbons (Fsp3) is 0.500. The number of nitrogens with zero attached hydrogens (tertiary/aromatic N) is 1. The van der Waals surface area contributed by atoms with Crippen LogP contribution < -0.4 is 0 Å². The zero-order valence-electron chi connectivity index (χ0n) is 6.80. The van der Waals surface area contributed by atoms with Crippen LogP contribution in [0.3, 0.4) is 0 Å². The van der Waals surface area contributed by atoms with Gasteiger partial charge >= 0.3 is 5.97 Å². The van der Waals surface area contributed by atoms with Crippen molar-refractivity contribution in [2.45, 2.75) is 24.4 Å². The number of thiazole rings is 1. The Morgan fingerprint density at radius 2 is 2.38 bits per heavy atom. The number of carbonyl (C=O) groups is 1. The molecular weight excluding hydrogens is 190 g/mol. The molecule has 4 nitrogen and oxygen atoms in total. The summed E-state index contributed by atoms with van der Waals surface area (Å²) < 4.78 is 0. The standard InChI is InChI=1S/C8H9NO3S/c10-5-1-8(2-5,7(11)12)6-3-13-4-9-6/h3-5,10H,1-2H2,(H,11,12). The van der Waals surface area contributed by atoms with E-state index in [2.05, 4.69) is 4.98 Å². The molecule has 0 amide bonds. The van der Waals surface area contributed by atoms with Crippen molar-refractivity contribution < 1.29 is 15.0 Å². The van der Waals surface area contributed by atoms with Crippen LogP contribution in [-0.2, 0) is 10.2 Å². The van der Waals surface area contributed by atoms with Crippen LogP contribution in [0.25, 0.3) is 0 Å². The second-order valence-electron chi connectivity index (χ2n) is 3.32. The van der Waals surface area contributed by atoms with Crippen LogP contribution in [-0.4, -0.2) is 27.3 Å². The Hall–Kier alpha value is -0.940. The van der Waals surface area contributed by atoms with Crippen LogP contribution in [0.1, 0.15) is 18.5 Å². The lowest BCUT2D eigenvalue weighted by Crippen LogP contribution is -2.50. The molecule has 70 valence electrons. The summed E-state index contributed by atoms with van der Waals surface area (Å²) in [6.45, 7) is 0. The number of aliphatic hydroxyl groups is 1. The average molecular weight is 199 g/mol. The van der Waals surface area contributed by atoms with Gasteiger partial charge in [0.1, 0.15) is 5.41 Å². The van der Waals surface area contributed by atoms with Gasteiger partial charge in [0.2, 0.25) is 0 Å². The molecule has 1 aliphatic carbocycles. The van der Waals surface area contributed by atoms with Gasteiger partial charge in [0.25, 0.3) is 0 Å². The van der Waals surface area contributed by atoms with Crippen molar-refractivity contribution in [1.82, 2.24) is 4.98 Å². The fourth-order valence-electron chi connectivity index (χ4n) is 1.69. The highest BCUT2D eigenvalue weighted by atomic mass is 32.1. The maximum absolute atomic E-state index is 11.0. The molecule has 0 atom stereocenters. The van der Waals surface area contributed by atoms with Crippen molar-refractivity contribution in [3.8, 4) is 0 Å². The number of rotatable bonds is 2. The number of aromatic nitrogens is 1. The van der Waals surface area contributed by atoms with Crippen LogP contribution in [0.2, 0.25) is 0 Å². The highest BCUT2D eigenvalue weighted by Gasteiger charge is 2.52. The monoisotopic (exact) mass is 199 g/mol. The molecule has 1 aliphatic rings. The summed E-state index contributed by atoms with van der Waals surface area (Å²) in [4.78, 5) is 15.0. The summed E-state index contributed by atoms with van der Waals surface area (Å²) in [5, 5.41) is 19.9. The van der Waals surface area contributed by atoms with Crippen molar-refractivity contribution in [3.05, 3.63) is 16.6 Å². The fourth-order valence-corrected chi connectivity index (χ4v) is 2.34. The van der Waals surface area contributed by atoms with Gasteiger partial charge < -0.3 is 10.2 Å². The Bertz CT molecular complexity index is 316. The van der Waals surface area contributed by atoms with Crippen molar-refractivity contribution >= 4 is 17.3 Å². The molecule has 0 aliphatic heterocycles. The van der Waals surface area contributed by atoms with E-state index in [4.69, 9.17) is 10.2 Å². The van der Waals surface area contributed by atoms with Crippen LogP contribution >= 0.6 is 11.3 Å². The van der Waals surface area contributed by atoms with Gasteiger partial charge in [0, 0.05) is 5.38 Å². The molecule has 1 aromatic rings. The van der Waals surface area contributed by atoms with E-state index in [1.165, 1.54) is 11.3 Å². The highest BCUT2D eigenvalue weighted by Crippen LogP contribution is 2.43. The lowest BCUT2D eigenvalue weighted by Gasteiger charge is -2.40. The van der Waals surface area contributed by atoms with Crippen LogP contribution in [0.5, 0.6) is 0 Å². The van der Waals surface area contributed by atoms with Crippen molar-refractivity contribution in [3.63, 3.8) is 0 Å². The van der Waals surface area contributed by atoms with E-state index in [0.717, 1.165) is 0 Å². The third-order valence-corrected chi connectivity index (χ3v) is 3.09. The van der Waals surface area contributed by atoms with Crippen molar-refractivity contribution in [2.24, 2.45) is 0 Å². The molecule has 0 bridgehead atoms. The van der Waals surface area contributed by atoms with E-state index >= 15 is 0 Å². The summed E-state index contributed by atoms with van der Waals surface area (Å²) in [6.07, 6.45) is 0.0794. The van der Waals surface area contributed by atoms with Crippen LogP contribution in [0, 0.1) is 0 Å². The zero-order chi connectivity index (χ0) is 9.47. The minimum atomic E-state index is -0.917. The van der Waals surface area contributed by atoms with Gasteiger partial charge in [0.05, 0.1) is 17.3 Å². The van der Waals surface area contributed by atoms with Gasteiger partial charge in [-0.1, -0.05) is 0 Å². The Morgan fingerprint density at radius 3 is 2.77 bits per heavy atom. The van der Waals surface area contributed by atoms with E-state index in [1.807, 2.05) is 0 Å². The first-order chi connectivity index (χ1) is 6.15. The Labute approximate surface area is 78.9 Å². The number of hydrogen-bond acceptors (Lipinski definition) is 4. The molecule has 2 N–H and O–H groups in total. The molecule has 1 fully saturated rings. The Balaban J connectivity index is 2.31. The normalized spacial score (nSPS) is 32.5. The summed E-state index contributed by atoms with van der Waals surface area (Å²) in [5.41, 5.74) is 1.28. The summed E-state index contributed by atoms with van der Waals surface area (Å²) in [7, 11) is 0. The molecule has 1 aromatic heterocycles. The summed E-state index contributed by atoms with van der Waals surface area (Å²) in [5.74, 6) is -0.885. The SMILES string of the molecule is O=C(O)C1(c2cscn2)CC(O)C1. The van der Waals surface area contributed by atoms with Crippen molar-refractivity contribution in [2.75, 3.05) is 0 Å². The molecule has 0 spiro atoms. The third-order valence-electron chi connectivity index (χ3n) is 2.50. The molecule has 0 saturated heterocycles. The van der Waals surface area contributed by atoms with Crippen LogP contribution in [0.4, 0.5) is 0 Å². The zero-order valence-corrected chi connectivity index (χ0v) is 7.62. The van der Waals surface area contributed by atoms with Gasteiger partial charge in [-0.15, -0.1) is 11.3 Å². The first kappa shape index (κ1) is 8.65. The van der Waals surface area contributed by atoms with Gasteiger partial charge in [-0.05, 0) is 12.8 Å². The molecule has 0 aromatic carbocycles. The number of carboxylic acid groups (broad SMARTS) is 1. The van der Waals surface area contributed by atoms with Gasteiger partial charge in [-0.25, -0.2) is 4.98 Å². The van der Waals surface area contributed by atoms with Gasteiger partial charge in [-0.2, -0.15) is 0 Å². The van der Waals surface area contributed by atoms with Gasteiger partial charge in [0.15, 0.2) is 0 Å². The maximum Gasteiger partial charge on any atom is 0.315 e. The van der Waals surface area contributed by atoms with E-state index in [-0.39, 0.29) is 12.8 Å². The summed E-state index contributed by atoms with van der Waals surface area (Å²) >= 11 is 1.38. The smallest absolute Gasteiger partial charge is 0.315 e. The Kier molecular flexibility index (Phi) is 1.85. The topological polar surface area (TPSA) is 70.4 Å². The Morgan fingerprint density at radius 1 is 1.69 bits per heavy atom. The molecule has 1 heterocycles. The first-order valence-electron chi connectivity index (χ1n) is 3.95. The lowest BCUT2D eigenvalue weighted by atomic mass is 9.65. The van der Waals surface area contributed by atoms with Crippen LogP contribution in [0.15, 0.2) is 10.9 Å². The lowest BCUT2D eigenvalue weighted by molar-refractivity contribution is -0.153. The maximum atomic E-state index is 11.0. The number of hydrogen-bond donors (Lipinski definition) is 2. The minimum Gasteiger partial charge on any atom is -0.481 e. The molecule has 0 radical (unpaired) electrons. The molecular formula is C8H9NO3S. The van der Waals surface area contributed by atoms with E-state index in [9.17, 15) is 4.79 Å². The van der Waals surface area contributed by atoms with E-state index in [1.54, 1.807) is 10.9 Å². The average Bonchev–Trinajstić information content (AvgIpc) is 2.49. The second-order valence-corrected chi connectivity index (χ2v) is 4.04. The van der Waals surface area contributed by atoms with E-state index < -0.39 is 17.5 Å². The quantitative estimate of drug-likeness (QED) is 0.732. The van der Waals surface area contributed by atoms with Gasteiger partial charge in [-0.3, -0.25) is 4.79 Å². The molecule has 2 rings (SSSR count). The van der Waals surface area contributed by atoms with Crippen molar-refractivity contribution in [1.29, 1.82) is 0 Å². The molecule has 0 unspecified atom stereocenters. The first-order valence-corrected chi connectivity index (χ1v) is 4.89. The molecule has 5 heteroatoms. The number of aliphatic carboxylic acids is 1. The predicted octanol–water partition coefficient (Wildman–Crippen LogP) is 0.620.